The van der Waals surface area contributed by atoms with E-state index in [1.807, 2.05) is 0 Å². The van der Waals surface area contributed by atoms with E-state index in [1.54, 1.807) is 64.1 Å². The number of carboxylic acid groups (broad SMARTS) is 1. The summed E-state index contributed by atoms with van der Waals surface area (Å²) in [5, 5.41) is 11.8. The maximum Gasteiger partial charge on any atom is 0.408 e. The third-order valence-corrected chi connectivity index (χ3v) is 4.08. The van der Waals surface area contributed by atoms with Crippen LogP contribution in [0.4, 0.5) is 9.18 Å². The lowest BCUT2D eigenvalue weighted by Crippen LogP contribution is -2.44. The maximum absolute atomic E-state index is 13.8. The van der Waals surface area contributed by atoms with E-state index in [-0.39, 0.29) is 18.8 Å². The number of carboxylic acids is 1. The van der Waals surface area contributed by atoms with E-state index < -0.39 is 23.7 Å². The summed E-state index contributed by atoms with van der Waals surface area (Å²) in [6.07, 6.45) is -0.794. The molecule has 1 unspecified atom stereocenters. The van der Waals surface area contributed by atoms with Crippen LogP contribution < -0.4 is 14.8 Å². The highest BCUT2D eigenvalue weighted by Crippen LogP contribution is 2.30. The summed E-state index contributed by atoms with van der Waals surface area (Å²) in [5.41, 5.74) is 0.277. The lowest BCUT2D eigenvalue weighted by Gasteiger charge is -2.22. The van der Waals surface area contributed by atoms with Gasteiger partial charge >= 0.3 is 12.1 Å². The summed E-state index contributed by atoms with van der Waals surface area (Å²) in [5.74, 6) is -0.753. The van der Waals surface area contributed by atoms with Gasteiger partial charge in [-0.25, -0.2) is 14.0 Å². The standard InChI is InChI=1S/C23H28FNO6/c1-5-29-20-13-15(12-18(21(26)27)25-22(28)31-23(2,3)4)10-11-19(20)30-14-16-8-6-7-9-17(16)24/h6-11,13,18H,5,12,14H2,1-4H3,(H,25,28)(H,26,27). The Morgan fingerprint density at radius 2 is 1.81 bits per heavy atom. The van der Waals surface area contributed by atoms with Gasteiger partial charge in [-0.15, -0.1) is 0 Å². The molecule has 0 fully saturated rings. The normalized spacial score (nSPS) is 12.0. The second kappa shape index (κ2) is 10.7. The fourth-order valence-corrected chi connectivity index (χ4v) is 2.72. The molecule has 0 aromatic heterocycles. The lowest BCUT2D eigenvalue weighted by atomic mass is 10.1. The van der Waals surface area contributed by atoms with E-state index in [4.69, 9.17) is 14.2 Å². The second-order valence-corrected chi connectivity index (χ2v) is 7.84. The highest BCUT2D eigenvalue weighted by atomic mass is 19.1. The predicted octanol–water partition coefficient (Wildman–Crippen LogP) is 4.32. The Kier molecular flexibility index (Phi) is 8.24. The van der Waals surface area contributed by atoms with Gasteiger partial charge in [-0.1, -0.05) is 24.3 Å². The van der Waals surface area contributed by atoms with Crippen molar-refractivity contribution in [2.75, 3.05) is 6.61 Å². The van der Waals surface area contributed by atoms with Crippen molar-refractivity contribution in [2.45, 2.75) is 52.4 Å². The van der Waals surface area contributed by atoms with Crippen molar-refractivity contribution in [1.82, 2.24) is 5.32 Å². The summed E-state index contributed by atoms with van der Waals surface area (Å²) in [7, 11) is 0. The smallest absolute Gasteiger partial charge is 0.408 e. The number of alkyl carbamates (subject to hydrolysis) is 1. The molecular weight excluding hydrogens is 405 g/mol. The van der Waals surface area contributed by atoms with Crippen LogP contribution >= 0.6 is 0 Å². The molecule has 0 aliphatic rings. The van der Waals surface area contributed by atoms with Crippen LogP contribution in [0.25, 0.3) is 0 Å². The molecule has 1 atom stereocenters. The molecule has 1 amide bonds. The van der Waals surface area contributed by atoms with E-state index in [9.17, 15) is 19.1 Å². The van der Waals surface area contributed by atoms with Gasteiger partial charge in [0.25, 0.3) is 0 Å². The first-order valence-corrected chi connectivity index (χ1v) is 9.93. The first-order valence-electron chi connectivity index (χ1n) is 9.93. The molecule has 168 valence electrons. The second-order valence-electron chi connectivity index (χ2n) is 7.84. The molecule has 8 heteroatoms. The molecule has 2 N–H and O–H groups in total. The Morgan fingerprint density at radius 1 is 1.10 bits per heavy atom. The number of rotatable bonds is 9. The van der Waals surface area contributed by atoms with Crippen molar-refractivity contribution in [1.29, 1.82) is 0 Å². The van der Waals surface area contributed by atoms with Crippen LogP contribution in [0, 0.1) is 5.82 Å². The SMILES string of the molecule is CCOc1cc(CC(NC(=O)OC(C)(C)C)C(=O)O)ccc1OCc1ccccc1F. The Labute approximate surface area is 181 Å². The van der Waals surface area contributed by atoms with Crippen LogP contribution in [-0.4, -0.2) is 35.4 Å². The van der Waals surface area contributed by atoms with Crippen molar-refractivity contribution in [3.05, 3.63) is 59.4 Å². The minimum atomic E-state index is -1.19. The Bertz CT molecular complexity index is 909. The molecule has 0 aliphatic heterocycles. The molecule has 0 radical (unpaired) electrons. The van der Waals surface area contributed by atoms with E-state index in [0.717, 1.165) is 0 Å². The molecule has 2 aromatic carbocycles. The van der Waals surface area contributed by atoms with Crippen molar-refractivity contribution < 1.29 is 33.3 Å². The minimum Gasteiger partial charge on any atom is -0.490 e. The molecule has 0 bridgehead atoms. The van der Waals surface area contributed by atoms with E-state index >= 15 is 0 Å². The van der Waals surface area contributed by atoms with Gasteiger partial charge < -0.3 is 24.6 Å². The third-order valence-electron chi connectivity index (χ3n) is 4.08. The fraction of sp³-hybridized carbons (Fsp3) is 0.391. The number of ether oxygens (including phenoxy) is 3. The van der Waals surface area contributed by atoms with Gasteiger partial charge in [-0.2, -0.15) is 0 Å². The maximum atomic E-state index is 13.8. The van der Waals surface area contributed by atoms with Crippen molar-refractivity contribution in [2.24, 2.45) is 0 Å². The molecule has 2 aromatic rings. The number of aliphatic carboxylic acids is 1. The average Bonchev–Trinajstić information content (AvgIpc) is 2.66. The molecule has 2 rings (SSSR count). The highest BCUT2D eigenvalue weighted by molar-refractivity contribution is 5.80. The Hall–Kier alpha value is -3.29. The summed E-state index contributed by atoms with van der Waals surface area (Å²) in [4.78, 5) is 23.6. The van der Waals surface area contributed by atoms with Crippen LogP contribution in [0.3, 0.4) is 0 Å². The Morgan fingerprint density at radius 3 is 2.42 bits per heavy atom. The fourth-order valence-electron chi connectivity index (χ4n) is 2.72. The van der Waals surface area contributed by atoms with Crippen LogP contribution in [-0.2, 0) is 22.6 Å². The monoisotopic (exact) mass is 433 g/mol. The number of benzene rings is 2. The molecule has 31 heavy (non-hydrogen) atoms. The quantitative estimate of drug-likeness (QED) is 0.612. The van der Waals surface area contributed by atoms with Gasteiger partial charge in [-0.05, 0) is 51.5 Å². The summed E-state index contributed by atoms with van der Waals surface area (Å²) in [6, 6.07) is 10.1. The zero-order valence-corrected chi connectivity index (χ0v) is 18.1. The first-order chi connectivity index (χ1) is 14.6. The number of nitrogens with one attached hydrogen (secondary N) is 1. The molecular formula is C23H28FNO6. The van der Waals surface area contributed by atoms with Gasteiger partial charge in [0.15, 0.2) is 11.5 Å². The van der Waals surface area contributed by atoms with E-state index in [1.165, 1.54) is 6.07 Å². The number of hydrogen-bond acceptors (Lipinski definition) is 5. The van der Waals surface area contributed by atoms with Crippen LogP contribution in [0.15, 0.2) is 42.5 Å². The number of halogens is 1. The van der Waals surface area contributed by atoms with Crippen molar-refractivity contribution >= 4 is 12.1 Å². The molecule has 0 spiro atoms. The van der Waals surface area contributed by atoms with E-state index in [2.05, 4.69) is 5.32 Å². The molecule has 0 heterocycles. The van der Waals surface area contributed by atoms with Gasteiger partial charge in [0.05, 0.1) is 6.61 Å². The zero-order valence-electron chi connectivity index (χ0n) is 18.1. The number of amides is 1. The first kappa shape index (κ1) is 24.0. The molecule has 0 saturated carbocycles. The lowest BCUT2D eigenvalue weighted by molar-refractivity contribution is -0.139. The zero-order chi connectivity index (χ0) is 23.0. The average molecular weight is 433 g/mol. The van der Waals surface area contributed by atoms with E-state index in [0.29, 0.717) is 29.2 Å². The number of carbonyl (C=O) groups excluding carboxylic acids is 1. The summed E-state index contributed by atoms with van der Waals surface area (Å²) in [6.45, 7) is 7.25. The largest absolute Gasteiger partial charge is 0.490 e. The summed E-state index contributed by atoms with van der Waals surface area (Å²) >= 11 is 0. The molecule has 0 aliphatic carbocycles. The minimum absolute atomic E-state index is 0.0161. The number of carbonyl (C=O) groups is 2. The predicted molar refractivity (Wildman–Crippen MR) is 113 cm³/mol. The van der Waals surface area contributed by atoms with Crippen LogP contribution in [0.1, 0.15) is 38.8 Å². The number of hydrogen-bond donors (Lipinski definition) is 2. The van der Waals surface area contributed by atoms with Crippen LogP contribution in [0.5, 0.6) is 11.5 Å². The van der Waals surface area contributed by atoms with Crippen LogP contribution in [0.2, 0.25) is 0 Å². The molecule has 7 nitrogen and oxygen atoms in total. The van der Waals surface area contributed by atoms with Gasteiger partial charge in [0.2, 0.25) is 0 Å². The third kappa shape index (κ3) is 7.81. The van der Waals surface area contributed by atoms with Crippen molar-refractivity contribution in [3.63, 3.8) is 0 Å². The highest BCUT2D eigenvalue weighted by Gasteiger charge is 2.24. The van der Waals surface area contributed by atoms with Crippen molar-refractivity contribution in [3.8, 4) is 11.5 Å². The van der Waals surface area contributed by atoms with Gasteiger partial charge in [0.1, 0.15) is 24.1 Å². The Balaban J connectivity index is 2.13. The molecule has 0 saturated heterocycles. The topological polar surface area (TPSA) is 94.1 Å². The van der Waals surface area contributed by atoms with Gasteiger partial charge in [-0.3, -0.25) is 0 Å². The summed E-state index contributed by atoms with van der Waals surface area (Å²) < 4.78 is 30.3. The van der Waals surface area contributed by atoms with Gasteiger partial charge in [0, 0.05) is 12.0 Å².